The smallest absolute Gasteiger partial charge is 0.303 e. The molecule has 1 aliphatic rings. The monoisotopic (exact) mass is 265 g/mol. The average Bonchev–Trinajstić information content (AvgIpc) is 2.82. The van der Waals surface area contributed by atoms with Crippen molar-refractivity contribution in [2.75, 3.05) is 6.54 Å². The number of fused-ring (bicyclic) bond motifs is 1. The molecule has 0 fully saturated rings. The second kappa shape index (κ2) is 6.24. The Hall–Kier alpha value is -1.29. The van der Waals surface area contributed by atoms with Gasteiger partial charge >= 0.3 is 5.97 Å². The van der Waals surface area contributed by atoms with Crippen molar-refractivity contribution < 1.29 is 14.3 Å². The first-order valence-corrected chi connectivity index (χ1v) is 7.13. The number of carbonyl (C=O) groups is 1. The van der Waals surface area contributed by atoms with E-state index in [1.807, 2.05) is 0 Å². The molecule has 1 aliphatic carbocycles. The SMILES string of the molecule is CC(C)N(CCCC(=O)O)C1CCCc2occc21. The highest BCUT2D eigenvalue weighted by Gasteiger charge is 2.29. The van der Waals surface area contributed by atoms with Gasteiger partial charge in [0.1, 0.15) is 5.76 Å². The van der Waals surface area contributed by atoms with Crippen LogP contribution in [0, 0.1) is 0 Å². The van der Waals surface area contributed by atoms with Gasteiger partial charge in [-0.25, -0.2) is 0 Å². The molecule has 2 rings (SSSR count). The summed E-state index contributed by atoms with van der Waals surface area (Å²) >= 11 is 0. The first-order chi connectivity index (χ1) is 9.09. The molecule has 0 aliphatic heterocycles. The highest BCUT2D eigenvalue weighted by molar-refractivity contribution is 5.66. The van der Waals surface area contributed by atoms with Crippen molar-refractivity contribution in [3.05, 3.63) is 23.7 Å². The molecule has 106 valence electrons. The summed E-state index contributed by atoms with van der Waals surface area (Å²) in [5.74, 6) is 0.400. The Labute approximate surface area is 114 Å². The van der Waals surface area contributed by atoms with Crippen LogP contribution >= 0.6 is 0 Å². The zero-order valence-electron chi connectivity index (χ0n) is 11.8. The van der Waals surface area contributed by atoms with E-state index >= 15 is 0 Å². The molecule has 1 atom stereocenters. The summed E-state index contributed by atoms with van der Waals surface area (Å²) in [5, 5.41) is 8.77. The Bertz CT molecular complexity index is 425. The Morgan fingerprint density at radius 3 is 3.05 bits per heavy atom. The van der Waals surface area contributed by atoms with Gasteiger partial charge < -0.3 is 9.52 Å². The van der Waals surface area contributed by atoms with Crippen LogP contribution in [0.3, 0.4) is 0 Å². The lowest BCUT2D eigenvalue weighted by Gasteiger charge is -2.37. The molecule has 0 spiro atoms. The number of nitrogens with zero attached hydrogens (tertiary/aromatic N) is 1. The number of rotatable bonds is 6. The zero-order chi connectivity index (χ0) is 13.8. The highest BCUT2D eigenvalue weighted by Crippen LogP contribution is 2.36. The Morgan fingerprint density at radius 2 is 2.37 bits per heavy atom. The van der Waals surface area contributed by atoms with Crippen LogP contribution in [0.1, 0.15) is 56.9 Å². The van der Waals surface area contributed by atoms with Gasteiger partial charge in [0.25, 0.3) is 0 Å². The normalized spacial score (nSPS) is 18.8. The Morgan fingerprint density at radius 1 is 1.58 bits per heavy atom. The van der Waals surface area contributed by atoms with Crippen molar-refractivity contribution in [3.8, 4) is 0 Å². The summed E-state index contributed by atoms with van der Waals surface area (Å²) in [6, 6.07) is 2.88. The molecule has 0 aromatic carbocycles. The number of hydrogen-bond donors (Lipinski definition) is 1. The van der Waals surface area contributed by atoms with Crippen molar-refractivity contribution in [1.29, 1.82) is 0 Å². The van der Waals surface area contributed by atoms with Gasteiger partial charge in [-0.05, 0) is 45.7 Å². The number of carboxylic acids is 1. The van der Waals surface area contributed by atoms with E-state index in [2.05, 4.69) is 24.8 Å². The minimum Gasteiger partial charge on any atom is -0.481 e. The van der Waals surface area contributed by atoms with Gasteiger partial charge in [0.2, 0.25) is 0 Å². The molecule has 0 saturated carbocycles. The molecular weight excluding hydrogens is 242 g/mol. The summed E-state index contributed by atoms with van der Waals surface area (Å²) in [6.07, 6.45) is 6.04. The van der Waals surface area contributed by atoms with Gasteiger partial charge in [0.15, 0.2) is 0 Å². The van der Waals surface area contributed by atoms with Crippen molar-refractivity contribution in [1.82, 2.24) is 4.90 Å². The van der Waals surface area contributed by atoms with Gasteiger partial charge in [0, 0.05) is 30.5 Å². The number of furan rings is 1. The van der Waals surface area contributed by atoms with E-state index in [-0.39, 0.29) is 6.42 Å². The van der Waals surface area contributed by atoms with Gasteiger partial charge in [-0.3, -0.25) is 9.69 Å². The Kier molecular flexibility index (Phi) is 4.64. The van der Waals surface area contributed by atoms with Crippen LogP contribution < -0.4 is 0 Å². The van der Waals surface area contributed by atoms with E-state index in [1.165, 1.54) is 5.56 Å². The third-order valence-electron chi connectivity index (χ3n) is 3.89. The third kappa shape index (κ3) is 3.38. The zero-order valence-corrected chi connectivity index (χ0v) is 11.8. The largest absolute Gasteiger partial charge is 0.481 e. The molecule has 1 unspecified atom stereocenters. The fraction of sp³-hybridized carbons (Fsp3) is 0.667. The molecule has 0 saturated heterocycles. The van der Waals surface area contributed by atoms with Gasteiger partial charge in [-0.2, -0.15) is 0 Å². The molecule has 4 heteroatoms. The molecule has 4 nitrogen and oxygen atoms in total. The molecule has 0 bridgehead atoms. The first kappa shape index (κ1) is 14.1. The third-order valence-corrected chi connectivity index (χ3v) is 3.89. The van der Waals surface area contributed by atoms with Crippen molar-refractivity contribution in [2.45, 2.75) is 58.0 Å². The minimum atomic E-state index is -0.712. The molecule has 0 radical (unpaired) electrons. The standard InChI is InChI=1S/C15H23NO3/c1-11(2)16(9-4-7-15(17)18)13-5-3-6-14-12(13)8-10-19-14/h8,10-11,13H,3-7,9H2,1-2H3,(H,17,18). The summed E-state index contributed by atoms with van der Waals surface area (Å²) in [5.41, 5.74) is 1.30. The van der Waals surface area contributed by atoms with Crippen LogP contribution in [-0.2, 0) is 11.2 Å². The predicted molar refractivity (Wildman–Crippen MR) is 73.1 cm³/mol. The lowest BCUT2D eigenvalue weighted by molar-refractivity contribution is -0.137. The number of hydrogen-bond acceptors (Lipinski definition) is 3. The summed E-state index contributed by atoms with van der Waals surface area (Å²) in [7, 11) is 0. The van der Waals surface area contributed by atoms with Crippen LogP contribution in [0.5, 0.6) is 0 Å². The van der Waals surface area contributed by atoms with E-state index in [4.69, 9.17) is 9.52 Å². The van der Waals surface area contributed by atoms with Crippen LogP contribution in [-0.4, -0.2) is 28.6 Å². The Balaban J connectivity index is 2.06. The van der Waals surface area contributed by atoms with E-state index in [9.17, 15) is 4.79 Å². The quantitative estimate of drug-likeness (QED) is 0.858. The molecule has 0 amide bonds. The lowest BCUT2D eigenvalue weighted by Crippen LogP contribution is -2.37. The fourth-order valence-corrected chi connectivity index (χ4v) is 2.99. The van der Waals surface area contributed by atoms with E-state index in [0.29, 0.717) is 18.5 Å². The first-order valence-electron chi connectivity index (χ1n) is 7.13. The second-order valence-electron chi connectivity index (χ2n) is 5.54. The van der Waals surface area contributed by atoms with Gasteiger partial charge in [-0.15, -0.1) is 0 Å². The van der Waals surface area contributed by atoms with Gasteiger partial charge in [0.05, 0.1) is 6.26 Å². The predicted octanol–water partition coefficient (Wildman–Crippen LogP) is 3.23. The van der Waals surface area contributed by atoms with Crippen molar-refractivity contribution >= 4 is 5.97 Å². The van der Waals surface area contributed by atoms with Crippen molar-refractivity contribution in [3.63, 3.8) is 0 Å². The molecular formula is C15H23NO3. The van der Waals surface area contributed by atoms with E-state index in [0.717, 1.165) is 31.6 Å². The fourth-order valence-electron chi connectivity index (χ4n) is 2.99. The molecule has 1 N–H and O–H groups in total. The maximum absolute atomic E-state index is 10.7. The lowest BCUT2D eigenvalue weighted by atomic mass is 9.91. The number of aliphatic carboxylic acids is 1. The summed E-state index contributed by atoms with van der Waals surface area (Å²) in [4.78, 5) is 13.1. The number of carboxylic acid groups (broad SMARTS) is 1. The molecule has 1 heterocycles. The van der Waals surface area contributed by atoms with E-state index < -0.39 is 5.97 Å². The average molecular weight is 265 g/mol. The van der Waals surface area contributed by atoms with Gasteiger partial charge in [-0.1, -0.05) is 0 Å². The molecule has 1 aromatic heterocycles. The van der Waals surface area contributed by atoms with Crippen LogP contribution in [0.15, 0.2) is 16.7 Å². The van der Waals surface area contributed by atoms with E-state index in [1.54, 1.807) is 6.26 Å². The summed E-state index contributed by atoms with van der Waals surface area (Å²) in [6.45, 7) is 5.18. The molecule has 19 heavy (non-hydrogen) atoms. The minimum absolute atomic E-state index is 0.244. The van der Waals surface area contributed by atoms with Crippen LogP contribution in [0.2, 0.25) is 0 Å². The topological polar surface area (TPSA) is 53.7 Å². The molecule has 1 aromatic rings. The van der Waals surface area contributed by atoms with Crippen LogP contribution in [0.25, 0.3) is 0 Å². The number of aryl methyl sites for hydroxylation is 1. The maximum atomic E-state index is 10.7. The summed E-state index contributed by atoms with van der Waals surface area (Å²) < 4.78 is 5.54. The van der Waals surface area contributed by atoms with Crippen LogP contribution in [0.4, 0.5) is 0 Å². The van der Waals surface area contributed by atoms with Crippen molar-refractivity contribution in [2.24, 2.45) is 0 Å². The maximum Gasteiger partial charge on any atom is 0.303 e. The second-order valence-corrected chi connectivity index (χ2v) is 5.54. The highest BCUT2D eigenvalue weighted by atomic mass is 16.4.